The first kappa shape index (κ1) is 21.3. The van der Waals surface area contributed by atoms with E-state index in [9.17, 15) is 9.59 Å². The van der Waals surface area contributed by atoms with Crippen molar-refractivity contribution in [3.63, 3.8) is 0 Å². The molecule has 3 aromatic rings. The SMILES string of the molecule is CCc1cc2ncc(CN3CCN(c4ccc(C(=O)NC5CC5)nc4)[C@@H]4CC[C@@H]43)cc2[nH]c1=O. The second-order valence-corrected chi connectivity index (χ2v) is 9.78. The fraction of sp³-hybridized carbons (Fsp3) is 0.462. The summed E-state index contributed by atoms with van der Waals surface area (Å²) in [5.74, 6) is -0.0725. The third-order valence-corrected chi connectivity index (χ3v) is 7.52. The molecule has 0 radical (unpaired) electrons. The summed E-state index contributed by atoms with van der Waals surface area (Å²) in [5, 5.41) is 3.00. The first-order chi connectivity index (χ1) is 16.6. The Hall–Kier alpha value is -3.26. The van der Waals surface area contributed by atoms with Crippen molar-refractivity contribution in [2.75, 3.05) is 18.0 Å². The van der Waals surface area contributed by atoms with E-state index in [0.29, 0.717) is 30.2 Å². The average Bonchev–Trinajstić information content (AvgIpc) is 3.63. The number of rotatable bonds is 6. The van der Waals surface area contributed by atoms with Gasteiger partial charge in [0.05, 0.1) is 22.9 Å². The van der Waals surface area contributed by atoms with E-state index >= 15 is 0 Å². The van der Waals surface area contributed by atoms with Crippen molar-refractivity contribution in [3.05, 3.63) is 63.8 Å². The zero-order valence-electron chi connectivity index (χ0n) is 19.5. The number of anilines is 1. The molecule has 1 aliphatic heterocycles. The van der Waals surface area contributed by atoms with Crippen LogP contribution in [0.3, 0.4) is 0 Å². The standard InChI is InChI=1S/C26H30N6O2/c1-2-17-12-21-22(30-25(17)33)11-16(13-27-21)15-31-9-10-32(24-8-7-23(24)31)19-5-6-20(28-14-19)26(34)29-18-3-4-18/h5-6,11-14,18,23-24H,2-4,7-10,15H2,1H3,(H,29,34)(H,30,33)/t23-,24+/m0/s1. The minimum absolute atomic E-state index is 0.0220. The van der Waals surface area contributed by atoms with Crippen LogP contribution in [0.25, 0.3) is 11.0 Å². The number of aromatic nitrogens is 3. The quantitative estimate of drug-likeness (QED) is 0.590. The van der Waals surface area contributed by atoms with Gasteiger partial charge in [0.25, 0.3) is 11.5 Å². The van der Waals surface area contributed by atoms with Crippen LogP contribution in [0.1, 0.15) is 54.2 Å². The van der Waals surface area contributed by atoms with Gasteiger partial charge in [-0.25, -0.2) is 4.98 Å². The Balaban J connectivity index is 1.14. The topological polar surface area (TPSA) is 94.2 Å². The molecule has 176 valence electrons. The first-order valence-electron chi connectivity index (χ1n) is 12.4. The van der Waals surface area contributed by atoms with E-state index in [1.54, 1.807) is 0 Å². The number of H-pyrrole nitrogens is 1. The highest BCUT2D eigenvalue weighted by molar-refractivity contribution is 5.92. The van der Waals surface area contributed by atoms with Crippen LogP contribution in [0.2, 0.25) is 0 Å². The molecule has 8 nitrogen and oxygen atoms in total. The van der Waals surface area contributed by atoms with E-state index in [-0.39, 0.29) is 11.5 Å². The van der Waals surface area contributed by atoms with Gasteiger partial charge in [-0.15, -0.1) is 0 Å². The molecule has 3 aliphatic rings. The summed E-state index contributed by atoms with van der Waals surface area (Å²) in [6.07, 6.45) is 8.97. The third-order valence-electron chi connectivity index (χ3n) is 7.52. The number of piperazine rings is 1. The predicted octanol–water partition coefficient (Wildman–Crippen LogP) is 2.63. The van der Waals surface area contributed by atoms with E-state index in [4.69, 9.17) is 0 Å². The van der Waals surface area contributed by atoms with Gasteiger partial charge in [0.1, 0.15) is 5.69 Å². The Morgan fingerprint density at radius 3 is 2.65 bits per heavy atom. The highest BCUT2D eigenvalue weighted by Crippen LogP contribution is 2.37. The van der Waals surface area contributed by atoms with Crippen LogP contribution in [0.15, 0.2) is 41.5 Å². The summed E-state index contributed by atoms with van der Waals surface area (Å²) in [6, 6.07) is 9.13. The van der Waals surface area contributed by atoms with Crippen molar-refractivity contribution < 1.29 is 4.79 Å². The number of carbonyl (C=O) groups excluding carboxylic acids is 1. The second-order valence-electron chi connectivity index (χ2n) is 9.78. The van der Waals surface area contributed by atoms with E-state index in [1.165, 1.54) is 6.42 Å². The summed E-state index contributed by atoms with van der Waals surface area (Å²) >= 11 is 0. The van der Waals surface area contributed by atoms with Crippen molar-refractivity contribution in [2.45, 2.75) is 63.7 Å². The molecule has 6 rings (SSSR count). The van der Waals surface area contributed by atoms with Gasteiger partial charge < -0.3 is 15.2 Å². The lowest BCUT2D eigenvalue weighted by Gasteiger charge is -2.54. The fourth-order valence-electron chi connectivity index (χ4n) is 5.27. The zero-order valence-corrected chi connectivity index (χ0v) is 19.5. The van der Waals surface area contributed by atoms with Gasteiger partial charge in [-0.1, -0.05) is 6.92 Å². The molecule has 0 bridgehead atoms. The van der Waals surface area contributed by atoms with Gasteiger partial charge in [-0.3, -0.25) is 19.5 Å². The number of pyridine rings is 3. The molecule has 3 fully saturated rings. The Bertz CT molecular complexity index is 1280. The Morgan fingerprint density at radius 2 is 1.94 bits per heavy atom. The Morgan fingerprint density at radius 1 is 1.09 bits per heavy atom. The summed E-state index contributed by atoms with van der Waals surface area (Å²) in [4.78, 5) is 41.5. The molecule has 2 atom stereocenters. The Kier molecular flexibility index (Phi) is 5.32. The van der Waals surface area contributed by atoms with Gasteiger partial charge in [-0.2, -0.15) is 0 Å². The molecule has 2 aliphatic carbocycles. The smallest absolute Gasteiger partial charge is 0.270 e. The molecule has 0 unspecified atom stereocenters. The molecule has 3 aromatic heterocycles. The Labute approximate surface area is 198 Å². The van der Waals surface area contributed by atoms with Gasteiger partial charge in [0, 0.05) is 49.5 Å². The summed E-state index contributed by atoms with van der Waals surface area (Å²) < 4.78 is 0. The highest BCUT2D eigenvalue weighted by atomic mass is 16.2. The number of aromatic amines is 1. The minimum atomic E-state index is -0.0725. The van der Waals surface area contributed by atoms with Crippen molar-refractivity contribution in [1.29, 1.82) is 0 Å². The molecule has 0 spiro atoms. The van der Waals surface area contributed by atoms with Crippen LogP contribution < -0.4 is 15.8 Å². The maximum absolute atomic E-state index is 12.2. The number of fused-ring (bicyclic) bond motifs is 2. The van der Waals surface area contributed by atoms with Crippen molar-refractivity contribution in [2.24, 2.45) is 0 Å². The largest absolute Gasteiger partial charge is 0.364 e. The van der Waals surface area contributed by atoms with Crippen molar-refractivity contribution in [3.8, 4) is 0 Å². The molecule has 34 heavy (non-hydrogen) atoms. The molecule has 4 heterocycles. The van der Waals surface area contributed by atoms with Crippen LogP contribution in [0.5, 0.6) is 0 Å². The van der Waals surface area contributed by atoms with E-state index in [1.807, 2.05) is 37.5 Å². The lowest BCUT2D eigenvalue weighted by Crippen LogP contribution is -2.64. The normalized spacial score (nSPS) is 22.3. The molecule has 0 aromatic carbocycles. The van der Waals surface area contributed by atoms with Gasteiger partial charge >= 0.3 is 0 Å². The van der Waals surface area contributed by atoms with Crippen molar-refractivity contribution in [1.82, 2.24) is 25.2 Å². The number of hydrogen-bond donors (Lipinski definition) is 2. The summed E-state index contributed by atoms with van der Waals surface area (Å²) in [7, 11) is 0. The summed E-state index contributed by atoms with van der Waals surface area (Å²) in [6.45, 7) is 4.69. The average molecular weight is 459 g/mol. The molecule has 2 N–H and O–H groups in total. The number of amides is 1. The predicted molar refractivity (Wildman–Crippen MR) is 131 cm³/mol. The highest BCUT2D eigenvalue weighted by Gasteiger charge is 2.43. The molecule has 1 saturated heterocycles. The molecular weight excluding hydrogens is 428 g/mol. The third kappa shape index (κ3) is 3.96. The number of aryl methyl sites for hydroxylation is 1. The van der Waals surface area contributed by atoms with Crippen molar-refractivity contribution >= 4 is 22.6 Å². The van der Waals surface area contributed by atoms with Gasteiger partial charge in [0.2, 0.25) is 0 Å². The molecule has 1 amide bonds. The summed E-state index contributed by atoms with van der Waals surface area (Å²) in [5.41, 5.74) is 5.10. The lowest BCUT2D eigenvalue weighted by molar-refractivity contribution is 0.0658. The lowest BCUT2D eigenvalue weighted by atomic mass is 9.81. The van der Waals surface area contributed by atoms with E-state index < -0.39 is 0 Å². The van der Waals surface area contributed by atoms with Crippen LogP contribution in [-0.2, 0) is 13.0 Å². The number of hydrogen-bond acceptors (Lipinski definition) is 6. The molecule has 8 heteroatoms. The van der Waals surface area contributed by atoms with E-state index in [0.717, 1.165) is 66.7 Å². The minimum Gasteiger partial charge on any atom is -0.364 e. The number of nitrogens with one attached hydrogen (secondary N) is 2. The van der Waals surface area contributed by atoms with Gasteiger partial charge in [0.15, 0.2) is 0 Å². The maximum atomic E-state index is 12.2. The number of nitrogens with zero attached hydrogens (tertiary/aromatic N) is 4. The zero-order chi connectivity index (χ0) is 23.2. The monoisotopic (exact) mass is 458 g/mol. The first-order valence-corrected chi connectivity index (χ1v) is 12.4. The maximum Gasteiger partial charge on any atom is 0.270 e. The number of carbonyl (C=O) groups is 1. The van der Waals surface area contributed by atoms with Crippen LogP contribution in [0, 0.1) is 0 Å². The molecular formula is C26H30N6O2. The van der Waals surface area contributed by atoms with E-state index in [2.05, 4.69) is 36.1 Å². The molecule has 2 saturated carbocycles. The van der Waals surface area contributed by atoms with Crippen LogP contribution in [-0.4, -0.2) is 57.0 Å². The van der Waals surface area contributed by atoms with Crippen LogP contribution >= 0.6 is 0 Å². The van der Waals surface area contributed by atoms with Gasteiger partial charge in [-0.05, 0) is 61.9 Å². The fourth-order valence-corrected chi connectivity index (χ4v) is 5.27. The second kappa shape index (κ2) is 8.51. The van der Waals surface area contributed by atoms with Crippen LogP contribution in [0.4, 0.5) is 5.69 Å².